The van der Waals surface area contributed by atoms with E-state index in [4.69, 9.17) is 0 Å². The summed E-state index contributed by atoms with van der Waals surface area (Å²) in [6.45, 7) is 1.98. The van der Waals surface area contributed by atoms with E-state index in [0.717, 1.165) is 11.8 Å². The van der Waals surface area contributed by atoms with Crippen molar-refractivity contribution in [3.05, 3.63) is 29.8 Å². The summed E-state index contributed by atoms with van der Waals surface area (Å²) in [5.41, 5.74) is 1.54. The van der Waals surface area contributed by atoms with Gasteiger partial charge in [-0.25, -0.2) is 8.42 Å². The molecule has 1 atom stereocenters. The van der Waals surface area contributed by atoms with Gasteiger partial charge in [0.2, 0.25) is 5.91 Å². The van der Waals surface area contributed by atoms with Gasteiger partial charge in [0.25, 0.3) is 0 Å². The normalized spacial score (nSPS) is 13.1. The molecule has 0 aromatic heterocycles. The Hall–Kier alpha value is -1.40. The lowest BCUT2D eigenvalue weighted by molar-refractivity contribution is -0.115. The van der Waals surface area contributed by atoms with Crippen molar-refractivity contribution in [2.45, 2.75) is 18.7 Å². The van der Waals surface area contributed by atoms with E-state index >= 15 is 0 Å². The zero-order valence-electron chi connectivity index (χ0n) is 10.7. The Morgan fingerprint density at radius 1 is 1.33 bits per heavy atom. The Morgan fingerprint density at radius 2 is 1.94 bits per heavy atom. The van der Waals surface area contributed by atoms with Crippen molar-refractivity contribution in [3.8, 4) is 0 Å². The smallest absolute Gasteiger partial charge is 0.242 e. The van der Waals surface area contributed by atoms with Gasteiger partial charge < -0.3 is 10.6 Å². The van der Waals surface area contributed by atoms with Gasteiger partial charge in [0, 0.05) is 18.5 Å². The zero-order valence-corrected chi connectivity index (χ0v) is 11.5. The minimum atomic E-state index is -3.37. The van der Waals surface area contributed by atoms with E-state index in [-0.39, 0.29) is 0 Å². The fraction of sp³-hybridized carbons (Fsp3) is 0.417. The quantitative estimate of drug-likeness (QED) is 0.829. The first-order valence-corrected chi connectivity index (χ1v) is 7.54. The van der Waals surface area contributed by atoms with Gasteiger partial charge in [-0.3, -0.25) is 4.79 Å². The molecule has 18 heavy (non-hydrogen) atoms. The standard InChI is InChI=1S/C12H18N2O3S/c1-9(18(3,16)17)12(15)14-11-7-5-4-6-10(11)8-13-2/h4-7,9,13H,8H2,1-3H3,(H,14,15). The fourth-order valence-electron chi connectivity index (χ4n) is 1.42. The molecule has 1 aromatic carbocycles. The van der Waals surface area contributed by atoms with Crippen LogP contribution in [0.1, 0.15) is 12.5 Å². The number of carbonyl (C=O) groups excluding carboxylic acids is 1. The van der Waals surface area contributed by atoms with Crippen LogP contribution in [-0.4, -0.2) is 32.9 Å². The van der Waals surface area contributed by atoms with Gasteiger partial charge in [0.1, 0.15) is 5.25 Å². The van der Waals surface area contributed by atoms with Crippen molar-refractivity contribution in [2.24, 2.45) is 0 Å². The van der Waals surface area contributed by atoms with Crippen molar-refractivity contribution >= 4 is 21.4 Å². The Balaban J connectivity index is 2.88. The van der Waals surface area contributed by atoms with Crippen LogP contribution in [-0.2, 0) is 21.2 Å². The largest absolute Gasteiger partial charge is 0.325 e. The van der Waals surface area contributed by atoms with E-state index in [1.807, 2.05) is 12.1 Å². The molecule has 6 heteroatoms. The first kappa shape index (κ1) is 14.7. The lowest BCUT2D eigenvalue weighted by Crippen LogP contribution is -2.32. The molecule has 0 radical (unpaired) electrons. The summed E-state index contributed by atoms with van der Waals surface area (Å²) in [6.07, 6.45) is 1.05. The molecule has 0 fully saturated rings. The molecule has 0 spiro atoms. The average Bonchev–Trinajstić information content (AvgIpc) is 2.29. The number of carbonyl (C=O) groups is 1. The summed E-state index contributed by atoms with van der Waals surface area (Å²) in [5.74, 6) is -0.513. The maximum absolute atomic E-state index is 11.8. The first-order chi connectivity index (χ1) is 8.36. The van der Waals surface area contributed by atoms with Gasteiger partial charge in [-0.15, -0.1) is 0 Å². The van der Waals surface area contributed by atoms with E-state index in [2.05, 4.69) is 10.6 Å². The van der Waals surface area contributed by atoms with Gasteiger partial charge in [0.15, 0.2) is 9.84 Å². The molecular weight excluding hydrogens is 252 g/mol. The maximum Gasteiger partial charge on any atom is 0.242 e. The van der Waals surface area contributed by atoms with Crippen LogP contribution in [0.25, 0.3) is 0 Å². The Morgan fingerprint density at radius 3 is 2.50 bits per heavy atom. The minimum absolute atomic E-state index is 0.513. The third kappa shape index (κ3) is 3.82. The Labute approximate surface area is 108 Å². The third-order valence-corrected chi connectivity index (χ3v) is 4.15. The molecule has 1 amide bonds. The van der Waals surface area contributed by atoms with E-state index in [9.17, 15) is 13.2 Å². The highest BCUT2D eigenvalue weighted by Crippen LogP contribution is 2.15. The number of sulfone groups is 1. The molecule has 100 valence electrons. The van der Waals surface area contributed by atoms with Crippen molar-refractivity contribution in [3.63, 3.8) is 0 Å². The summed E-state index contributed by atoms with van der Waals surface area (Å²) in [4.78, 5) is 11.8. The Bertz CT molecular complexity index is 526. The van der Waals surface area contributed by atoms with E-state index in [1.165, 1.54) is 6.92 Å². The highest BCUT2D eigenvalue weighted by molar-refractivity contribution is 7.92. The molecule has 0 aliphatic carbocycles. The summed E-state index contributed by atoms with van der Waals surface area (Å²) in [6, 6.07) is 7.28. The lowest BCUT2D eigenvalue weighted by Gasteiger charge is -2.13. The van der Waals surface area contributed by atoms with Crippen LogP contribution in [0.2, 0.25) is 0 Å². The number of hydrogen-bond donors (Lipinski definition) is 2. The van der Waals surface area contributed by atoms with E-state index in [0.29, 0.717) is 12.2 Å². The van der Waals surface area contributed by atoms with Crippen molar-refractivity contribution < 1.29 is 13.2 Å². The van der Waals surface area contributed by atoms with Crippen LogP contribution < -0.4 is 10.6 Å². The molecule has 1 unspecified atom stereocenters. The predicted molar refractivity (Wildman–Crippen MR) is 72.1 cm³/mol. The molecule has 0 heterocycles. The van der Waals surface area contributed by atoms with Gasteiger partial charge in [0.05, 0.1) is 0 Å². The number of amides is 1. The number of benzene rings is 1. The van der Waals surface area contributed by atoms with Crippen LogP contribution in [0.3, 0.4) is 0 Å². The molecule has 1 aromatic rings. The van der Waals surface area contributed by atoms with Crippen molar-refractivity contribution in [2.75, 3.05) is 18.6 Å². The molecule has 5 nitrogen and oxygen atoms in total. The molecule has 0 bridgehead atoms. The fourth-order valence-corrected chi connectivity index (χ4v) is 1.86. The summed E-state index contributed by atoms with van der Waals surface area (Å²) >= 11 is 0. The highest BCUT2D eigenvalue weighted by Gasteiger charge is 2.23. The molecule has 0 aliphatic heterocycles. The van der Waals surface area contributed by atoms with Crippen molar-refractivity contribution in [1.29, 1.82) is 0 Å². The second-order valence-electron chi connectivity index (χ2n) is 4.15. The Kier molecular flexibility index (Phi) is 4.86. The average molecular weight is 270 g/mol. The molecule has 1 rings (SSSR count). The molecular formula is C12H18N2O3S. The number of para-hydroxylation sites is 1. The molecule has 2 N–H and O–H groups in total. The maximum atomic E-state index is 11.8. The van der Waals surface area contributed by atoms with Crippen LogP contribution in [0.5, 0.6) is 0 Å². The number of nitrogens with one attached hydrogen (secondary N) is 2. The second kappa shape index (κ2) is 5.97. The summed E-state index contributed by atoms with van der Waals surface area (Å²) in [5, 5.41) is 4.58. The monoisotopic (exact) mass is 270 g/mol. The highest BCUT2D eigenvalue weighted by atomic mass is 32.2. The van der Waals surface area contributed by atoms with E-state index in [1.54, 1.807) is 19.2 Å². The second-order valence-corrected chi connectivity index (χ2v) is 6.51. The first-order valence-electron chi connectivity index (χ1n) is 5.58. The van der Waals surface area contributed by atoms with Crippen LogP contribution in [0.4, 0.5) is 5.69 Å². The van der Waals surface area contributed by atoms with Crippen LogP contribution >= 0.6 is 0 Å². The topological polar surface area (TPSA) is 75.3 Å². The predicted octanol–water partition coefficient (Wildman–Crippen LogP) is 0.778. The lowest BCUT2D eigenvalue weighted by atomic mass is 10.1. The summed E-state index contributed by atoms with van der Waals surface area (Å²) in [7, 11) is -1.57. The molecule has 0 saturated carbocycles. The molecule has 0 aliphatic rings. The zero-order chi connectivity index (χ0) is 13.8. The van der Waals surface area contributed by atoms with Crippen LogP contribution in [0, 0.1) is 0 Å². The number of hydrogen-bond acceptors (Lipinski definition) is 4. The summed E-state index contributed by atoms with van der Waals surface area (Å²) < 4.78 is 22.6. The third-order valence-electron chi connectivity index (χ3n) is 2.65. The van der Waals surface area contributed by atoms with Gasteiger partial charge in [-0.05, 0) is 25.6 Å². The molecule has 0 saturated heterocycles. The number of rotatable bonds is 5. The number of anilines is 1. The minimum Gasteiger partial charge on any atom is -0.325 e. The van der Waals surface area contributed by atoms with Gasteiger partial charge >= 0.3 is 0 Å². The van der Waals surface area contributed by atoms with E-state index < -0.39 is 21.0 Å². The van der Waals surface area contributed by atoms with Crippen molar-refractivity contribution in [1.82, 2.24) is 5.32 Å². The SMILES string of the molecule is CNCc1ccccc1NC(=O)C(C)S(C)(=O)=O. The van der Waals surface area contributed by atoms with Gasteiger partial charge in [-0.2, -0.15) is 0 Å². The van der Waals surface area contributed by atoms with Gasteiger partial charge in [-0.1, -0.05) is 18.2 Å². The van der Waals surface area contributed by atoms with Crippen LogP contribution in [0.15, 0.2) is 24.3 Å².